The topological polar surface area (TPSA) is 90.7 Å². The van der Waals surface area contributed by atoms with Gasteiger partial charge in [0.25, 0.3) is 0 Å². The van der Waals surface area contributed by atoms with Crippen molar-refractivity contribution in [3.63, 3.8) is 0 Å². The minimum atomic E-state index is -4.48. The zero-order chi connectivity index (χ0) is 26.0. The van der Waals surface area contributed by atoms with Crippen molar-refractivity contribution >= 4 is 23.2 Å². The summed E-state index contributed by atoms with van der Waals surface area (Å²) in [7, 11) is 2.11. The second-order valence-electron chi connectivity index (χ2n) is 8.86. The van der Waals surface area contributed by atoms with Crippen LogP contribution in [0.15, 0.2) is 60.9 Å². The van der Waals surface area contributed by atoms with Gasteiger partial charge in [-0.2, -0.15) is 13.2 Å². The maximum absolute atomic E-state index is 12.3. The first-order chi connectivity index (χ1) is 17.7. The molecule has 37 heavy (non-hydrogen) atoms. The number of hydrogen-bond acceptors (Lipinski definition) is 6. The second kappa shape index (κ2) is 10.1. The quantitative estimate of drug-likeness (QED) is 0.423. The Labute approximate surface area is 210 Å². The summed E-state index contributed by atoms with van der Waals surface area (Å²) < 4.78 is 38.9. The molecule has 0 aliphatic carbocycles. The van der Waals surface area contributed by atoms with Gasteiger partial charge < -0.3 is 20.4 Å². The molecule has 5 rings (SSSR count). The fourth-order valence-corrected chi connectivity index (χ4v) is 4.15. The maximum atomic E-state index is 12.3. The van der Waals surface area contributed by atoms with E-state index in [2.05, 4.69) is 37.3 Å². The number of pyridine rings is 1. The van der Waals surface area contributed by atoms with Gasteiger partial charge in [0.05, 0.1) is 17.6 Å². The Kier molecular flexibility index (Phi) is 6.66. The molecule has 4 aromatic rings. The Hall–Kier alpha value is -4.19. The van der Waals surface area contributed by atoms with Crippen molar-refractivity contribution in [2.75, 3.05) is 50.0 Å². The SMILES string of the molecule is CN1CCN(c2ccc(-c3ccn4c(-c5cccc(NC(=O)NCC(F)(F)F)c5)cnc4c3)nn2)CC1. The molecule has 0 unspecified atom stereocenters. The van der Waals surface area contributed by atoms with Crippen LogP contribution in [0.4, 0.5) is 29.5 Å². The fourth-order valence-electron chi connectivity index (χ4n) is 4.15. The number of aromatic nitrogens is 4. The Balaban J connectivity index is 1.31. The number of hydrogen-bond donors (Lipinski definition) is 2. The first-order valence-electron chi connectivity index (χ1n) is 11.7. The molecule has 1 saturated heterocycles. The van der Waals surface area contributed by atoms with Crippen LogP contribution >= 0.6 is 0 Å². The van der Waals surface area contributed by atoms with Gasteiger partial charge in [-0.25, -0.2) is 9.78 Å². The minimum absolute atomic E-state index is 0.361. The number of imidazole rings is 1. The molecule has 0 bridgehead atoms. The summed E-state index contributed by atoms with van der Waals surface area (Å²) in [6.07, 6.45) is -0.907. The van der Waals surface area contributed by atoms with Gasteiger partial charge >= 0.3 is 12.2 Å². The number of amides is 2. The Morgan fingerprint density at radius 2 is 1.81 bits per heavy atom. The molecular weight excluding hydrogens is 485 g/mol. The number of likely N-dealkylation sites (N-methyl/N-ethyl adjacent to an activating group) is 1. The lowest BCUT2D eigenvalue weighted by molar-refractivity contribution is -0.122. The summed E-state index contributed by atoms with van der Waals surface area (Å²) >= 11 is 0. The molecule has 192 valence electrons. The van der Waals surface area contributed by atoms with Gasteiger partial charge in [-0.15, -0.1) is 10.2 Å². The van der Waals surface area contributed by atoms with Gasteiger partial charge in [0.1, 0.15) is 12.2 Å². The van der Waals surface area contributed by atoms with Crippen LogP contribution < -0.4 is 15.5 Å². The number of benzene rings is 1. The highest BCUT2D eigenvalue weighted by atomic mass is 19.4. The van der Waals surface area contributed by atoms with Gasteiger partial charge in [-0.3, -0.25) is 4.40 Å². The number of fused-ring (bicyclic) bond motifs is 1. The van der Waals surface area contributed by atoms with Crippen molar-refractivity contribution in [1.29, 1.82) is 0 Å². The van der Waals surface area contributed by atoms with E-state index in [9.17, 15) is 18.0 Å². The fraction of sp³-hybridized carbons (Fsp3) is 0.280. The molecule has 1 fully saturated rings. The number of urea groups is 1. The zero-order valence-electron chi connectivity index (χ0n) is 20.0. The summed E-state index contributed by atoms with van der Waals surface area (Å²) in [5.74, 6) is 0.863. The number of anilines is 2. The van der Waals surface area contributed by atoms with E-state index in [0.717, 1.165) is 54.5 Å². The Morgan fingerprint density at radius 3 is 2.54 bits per heavy atom. The van der Waals surface area contributed by atoms with E-state index in [0.29, 0.717) is 11.3 Å². The number of carbonyl (C=O) groups is 1. The third kappa shape index (κ3) is 5.80. The van der Waals surface area contributed by atoms with Crippen LogP contribution in [0.3, 0.4) is 0 Å². The summed E-state index contributed by atoms with van der Waals surface area (Å²) in [6.45, 7) is 2.42. The molecule has 4 heterocycles. The monoisotopic (exact) mass is 510 g/mol. The average molecular weight is 511 g/mol. The third-order valence-electron chi connectivity index (χ3n) is 6.15. The maximum Gasteiger partial charge on any atom is 0.405 e. The molecule has 2 amide bonds. The molecule has 0 atom stereocenters. The number of carbonyl (C=O) groups excluding carboxylic acids is 1. The van der Waals surface area contributed by atoms with Crippen LogP contribution in [0.25, 0.3) is 28.2 Å². The van der Waals surface area contributed by atoms with E-state index in [1.807, 2.05) is 40.9 Å². The largest absolute Gasteiger partial charge is 0.405 e. The van der Waals surface area contributed by atoms with Crippen molar-refractivity contribution < 1.29 is 18.0 Å². The summed E-state index contributed by atoms with van der Waals surface area (Å²) in [5, 5.41) is 13.1. The van der Waals surface area contributed by atoms with E-state index in [1.165, 1.54) is 0 Å². The van der Waals surface area contributed by atoms with Crippen molar-refractivity contribution in [2.24, 2.45) is 0 Å². The molecule has 3 aromatic heterocycles. The summed E-state index contributed by atoms with van der Waals surface area (Å²) in [4.78, 5) is 20.8. The molecule has 0 saturated carbocycles. The number of rotatable bonds is 5. The smallest absolute Gasteiger partial charge is 0.353 e. The van der Waals surface area contributed by atoms with Crippen LogP contribution in [0, 0.1) is 0 Å². The lowest BCUT2D eigenvalue weighted by Gasteiger charge is -2.32. The highest BCUT2D eigenvalue weighted by Gasteiger charge is 2.27. The molecule has 9 nitrogen and oxygen atoms in total. The predicted octanol–water partition coefficient (Wildman–Crippen LogP) is 3.89. The Morgan fingerprint density at radius 1 is 1.00 bits per heavy atom. The zero-order valence-corrected chi connectivity index (χ0v) is 20.0. The lowest BCUT2D eigenvalue weighted by Crippen LogP contribution is -2.44. The van der Waals surface area contributed by atoms with Crippen molar-refractivity contribution in [3.8, 4) is 22.5 Å². The summed E-state index contributed by atoms with van der Waals surface area (Å²) in [5.41, 5.74) is 4.17. The van der Waals surface area contributed by atoms with Crippen LogP contribution in [0.1, 0.15) is 0 Å². The molecule has 0 spiro atoms. The molecule has 12 heteroatoms. The standard InChI is InChI=1S/C25H25F3N8O/c1-34-9-11-35(12-10-34)22-6-5-20(32-33-22)17-7-8-36-21(15-29-23(36)14-17)18-3-2-4-19(13-18)31-24(37)30-16-25(26,27)28/h2-8,13-15H,9-12,16H2,1H3,(H2,30,31,37). The van der Waals surface area contributed by atoms with Crippen molar-refractivity contribution in [1.82, 2.24) is 29.8 Å². The van der Waals surface area contributed by atoms with E-state index in [1.54, 1.807) is 29.7 Å². The summed E-state index contributed by atoms with van der Waals surface area (Å²) in [6, 6.07) is 13.7. The number of alkyl halides is 3. The van der Waals surface area contributed by atoms with E-state index in [-0.39, 0.29) is 0 Å². The molecule has 2 N–H and O–H groups in total. The molecule has 1 aromatic carbocycles. The minimum Gasteiger partial charge on any atom is -0.353 e. The Bertz CT molecular complexity index is 1400. The van der Waals surface area contributed by atoms with Gasteiger partial charge in [0.2, 0.25) is 0 Å². The third-order valence-corrected chi connectivity index (χ3v) is 6.15. The normalized spacial score (nSPS) is 14.6. The first kappa shape index (κ1) is 24.5. The molecular formula is C25H25F3N8O. The van der Waals surface area contributed by atoms with E-state index >= 15 is 0 Å². The van der Waals surface area contributed by atoms with Crippen LogP contribution in [0.2, 0.25) is 0 Å². The molecule has 0 radical (unpaired) electrons. The van der Waals surface area contributed by atoms with Crippen LogP contribution in [-0.2, 0) is 0 Å². The second-order valence-corrected chi connectivity index (χ2v) is 8.86. The highest BCUT2D eigenvalue weighted by Crippen LogP contribution is 2.27. The predicted molar refractivity (Wildman–Crippen MR) is 134 cm³/mol. The van der Waals surface area contributed by atoms with Gasteiger partial charge in [0.15, 0.2) is 5.82 Å². The van der Waals surface area contributed by atoms with Crippen LogP contribution in [0.5, 0.6) is 0 Å². The highest BCUT2D eigenvalue weighted by molar-refractivity contribution is 5.90. The van der Waals surface area contributed by atoms with Crippen molar-refractivity contribution in [2.45, 2.75) is 6.18 Å². The van der Waals surface area contributed by atoms with Crippen molar-refractivity contribution in [3.05, 3.63) is 60.9 Å². The first-order valence-corrected chi connectivity index (χ1v) is 11.7. The molecule has 1 aliphatic rings. The van der Waals surface area contributed by atoms with Gasteiger partial charge in [-0.05, 0) is 43.4 Å². The van der Waals surface area contributed by atoms with E-state index in [4.69, 9.17) is 0 Å². The number of halogens is 3. The number of nitrogens with zero attached hydrogens (tertiary/aromatic N) is 6. The lowest BCUT2D eigenvalue weighted by atomic mass is 10.1. The van der Waals surface area contributed by atoms with E-state index < -0.39 is 18.8 Å². The molecule has 1 aliphatic heterocycles. The van der Waals surface area contributed by atoms with Gasteiger partial charge in [0, 0.05) is 49.2 Å². The van der Waals surface area contributed by atoms with Gasteiger partial charge in [-0.1, -0.05) is 12.1 Å². The van der Waals surface area contributed by atoms with Crippen LogP contribution in [-0.4, -0.2) is 76.5 Å². The number of nitrogens with one attached hydrogen (secondary N) is 2. The number of piperazine rings is 1. The average Bonchev–Trinajstić information content (AvgIpc) is 3.31.